The van der Waals surface area contributed by atoms with Crippen molar-refractivity contribution in [2.24, 2.45) is 0 Å². The Bertz CT molecular complexity index is 500. The maximum Gasteiger partial charge on any atom is 0.149 e. The van der Waals surface area contributed by atoms with E-state index in [9.17, 15) is 13.9 Å². The summed E-state index contributed by atoms with van der Waals surface area (Å²) in [7, 11) is 0. The van der Waals surface area contributed by atoms with Gasteiger partial charge in [-0.05, 0) is 18.2 Å². The normalized spacial score (nSPS) is 10.3. The second-order valence-corrected chi connectivity index (χ2v) is 3.02. The third kappa shape index (κ3) is 1.79. The first-order valence-electron chi connectivity index (χ1n) is 4.27. The van der Waals surface area contributed by atoms with E-state index in [0.29, 0.717) is 0 Å². The van der Waals surface area contributed by atoms with E-state index >= 15 is 0 Å². The van der Waals surface area contributed by atoms with Crippen molar-refractivity contribution in [1.82, 2.24) is 4.98 Å². The SMILES string of the molecule is Oc1cc(F)ccc1-c1ccncc1F. The van der Waals surface area contributed by atoms with Crippen LogP contribution in [0.25, 0.3) is 11.1 Å². The van der Waals surface area contributed by atoms with E-state index in [0.717, 1.165) is 18.3 Å². The van der Waals surface area contributed by atoms with Crippen molar-refractivity contribution >= 4 is 0 Å². The van der Waals surface area contributed by atoms with E-state index in [1.54, 1.807) is 0 Å². The lowest BCUT2D eigenvalue weighted by Gasteiger charge is -2.05. The summed E-state index contributed by atoms with van der Waals surface area (Å²) in [5, 5.41) is 9.44. The smallest absolute Gasteiger partial charge is 0.149 e. The number of aromatic nitrogens is 1. The highest BCUT2D eigenvalue weighted by atomic mass is 19.1. The van der Waals surface area contributed by atoms with Crippen LogP contribution >= 0.6 is 0 Å². The Morgan fingerprint density at radius 3 is 2.53 bits per heavy atom. The van der Waals surface area contributed by atoms with Crippen LogP contribution in [-0.2, 0) is 0 Å². The van der Waals surface area contributed by atoms with E-state index in [-0.39, 0.29) is 16.9 Å². The molecule has 0 radical (unpaired) electrons. The number of nitrogens with zero attached hydrogens (tertiary/aromatic N) is 1. The third-order valence-electron chi connectivity index (χ3n) is 2.02. The number of hydrogen-bond donors (Lipinski definition) is 1. The van der Waals surface area contributed by atoms with Gasteiger partial charge in [0.05, 0.1) is 6.20 Å². The molecule has 2 aromatic rings. The molecule has 0 saturated heterocycles. The zero-order chi connectivity index (χ0) is 10.8. The zero-order valence-corrected chi connectivity index (χ0v) is 7.61. The summed E-state index contributed by atoms with van der Waals surface area (Å²) in [5.41, 5.74) is 0.443. The number of pyridine rings is 1. The van der Waals surface area contributed by atoms with Gasteiger partial charge in [-0.3, -0.25) is 4.98 Å². The molecule has 0 aliphatic carbocycles. The van der Waals surface area contributed by atoms with Crippen LogP contribution in [0.4, 0.5) is 8.78 Å². The predicted molar refractivity (Wildman–Crippen MR) is 51.3 cm³/mol. The van der Waals surface area contributed by atoms with Crippen molar-refractivity contribution in [3.63, 3.8) is 0 Å². The molecule has 76 valence electrons. The highest BCUT2D eigenvalue weighted by molar-refractivity contribution is 5.69. The molecule has 4 heteroatoms. The van der Waals surface area contributed by atoms with Gasteiger partial charge in [0, 0.05) is 23.4 Å². The van der Waals surface area contributed by atoms with Crippen LogP contribution in [0.3, 0.4) is 0 Å². The average molecular weight is 207 g/mol. The monoisotopic (exact) mass is 207 g/mol. The Morgan fingerprint density at radius 1 is 1.07 bits per heavy atom. The summed E-state index contributed by atoms with van der Waals surface area (Å²) < 4.78 is 26.0. The molecule has 0 atom stereocenters. The van der Waals surface area contributed by atoms with E-state index in [1.807, 2.05) is 0 Å². The van der Waals surface area contributed by atoms with Crippen molar-refractivity contribution in [2.45, 2.75) is 0 Å². The van der Waals surface area contributed by atoms with Crippen LogP contribution in [0, 0.1) is 11.6 Å². The number of benzene rings is 1. The van der Waals surface area contributed by atoms with Crippen molar-refractivity contribution in [3.8, 4) is 16.9 Å². The molecular weight excluding hydrogens is 200 g/mol. The molecule has 0 unspecified atom stereocenters. The van der Waals surface area contributed by atoms with Gasteiger partial charge in [-0.1, -0.05) is 0 Å². The minimum Gasteiger partial charge on any atom is -0.507 e. The van der Waals surface area contributed by atoms with Crippen molar-refractivity contribution in [2.75, 3.05) is 0 Å². The van der Waals surface area contributed by atoms with E-state index in [4.69, 9.17) is 0 Å². The lowest BCUT2D eigenvalue weighted by molar-refractivity contribution is 0.470. The molecule has 2 nitrogen and oxygen atoms in total. The quantitative estimate of drug-likeness (QED) is 0.779. The first-order chi connectivity index (χ1) is 7.18. The molecule has 0 spiro atoms. The Balaban J connectivity index is 2.60. The van der Waals surface area contributed by atoms with Crippen LogP contribution in [0.2, 0.25) is 0 Å². The van der Waals surface area contributed by atoms with Crippen LogP contribution < -0.4 is 0 Å². The van der Waals surface area contributed by atoms with Crippen LogP contribution in [0.5, 0.6) is 5.75 Å². The number of phenols is 1. The third-order valence-corrected chi connectivity index (χ3v) is 2.02. The molecule has 0 aliphatic rings. The number of hydrogen-bond acceptors (Lipinski definition) is 2. The largest absolute Gasteiger partial charge is 0.507 e. The summed E-state index contributed by atoms with van der Waals surface area (Å²) >= 11 is 0. The summed E-state index contributed by atoms with van der Waals surface area (Å²) in [6.07, 6.45) is 2.44. The molecule has 0 aliphatic heterocycles. The summed E-state index contributed by atoms with van der Waals surface area (Å²) in [5.74, 6) is -1.41. The molecule has 0 saturated carbocycles. The topological polar surface area (TPSA) is 33.1 Å². The van der Waals surface area contributed by atoms with Gasteiger partial charge in [-0.2, -0.15) is 0 Å². The molecule has 0 amide bonds. The molecular formula is C11H7F2NO. The van der Waals surface area contributed by atoms with Crippen LogP contribution in [-0.4, -0.2) is 10.1 Å². The molecule has 0 bridgehead atoms. The molecule has 1 aromatic carbocycles. The first kappa shape index (κ1) is 9.58. The molecule has 15 heavy (non-hydrogen) atoms. The highest BCUT2D eigenvalue weighted by Gasteiger charge is 2.09. The fraction of sp³-hybridized carbons (Fsp3) is 0. The molecule has 1 N–H and O–H groups in total. The minimum absolute atomic E-state index is 0.197. The zero-order valence-electron chi connectivity index (χ0n) is 7.61. The number of phenolic OH excluding ortho intramolecular Hbond substituents is 1. The maximum atomic E-state index is 13.3. The molecule has 1 aromatic heterocycles. The van der Waals surface area contributed by atoms with Gasteiger partial charge in [0.25, 0.3) is 0 Å². The Labute approximate surface area is 84.8 Å². The van der Waals surface area contributed by atoms with Gasteiger partial charge in [-0.15, -0.1) is 0 Å². The highest BCUT2D eigenvalue weighted by Crippen LogP contribution is 2.30. The standard InChI is InChI=1S/C11H7F2NO/c12-7-1-2-9(11(15)5-7)8-3-4-14-6-10(8)13/h1-6,15H. The van der Waals surface area contributed by atoms with Crippen molar-refractivity contribution in [1.29, 1.82) is 0 Å². The lowest BCUT2D eigenvalue weighted by atomic mass is 10.1. The van der Waals surface area contributed by atoms with Crippen molar-refractivity contribution in [3.05, 3.63) is 48.3 Å². The second-order valence-electron chi connectivity index (χ2n) is 3.02. The predicted octanol–water partition coefficient (Wildman–Crippen LogP) is 2.73. The summed E-state index contributed by atoms with van der Waals surface area (Å²) in [4.78, 5) is 3.59. The summed E-state index contributed by atoms with van der Waals surface area (Å²) in [6.45, 7) is 0. The van der Waals surface area contributed by atoms with Gasteiger partial charge < -0.3 is 5.11 Å². The Morgan fingerprint density at radius 2 is 1.87 bits per heavy atom. The Hall–Kier alpha value is -1.97. The van der Waals surface area contributed by atoms with Gasteiger partial charge in [0.1, 0.15) is 17.4 Å². The molecule has 2 rings (SSSR count). The Kier molecular flexibility index (Phi) is 2.33. The van der Waals surface area contributed by atoms with Gasteiger partial charge in [0.15, 0.2) is 0 Å². The molecule has 1 heterocycles. The molecule has 0 fully saturated rings. The van der Waals surface area contributed by atoms with Crippen molar-refractivity contribution < 1.29 is 13.9 Å². The van der Waals surface area contributed by atoms with E-state index < -0.39 is 11.6 Å². The van der Waals surface area contributed by atoms with Gasteiger partial charge in [-0.25, -0.2) is 8.78 Å². The van der Waals surface area contributed by atoms with Crippen LogP contribution in [0.1, 0.15) is 0 Å². The maximum absolute atomic E-state index is 13.3. The fourth-order valence-electron chi connectivity index (χ4n) is 1.33. The number of aromatic hydroxyl groups is 1. The average Bonchev–Trinajstić information content (AvgIpc) is 2.20. The fourth-order valence-corrected chi connectivity index (χ4v) is 1.33. The van der Waals surface area contributed by atoms with E-state index in [2.05, 4.69) is 4.98 Å². The summed E-state index contributed by atoms with van der Waals surface area (Å²) in [6, 6.07) is 4.84. The first-order valence-corrected chi connectivity index (χ1v) is 4.27. The van der Waals surface area contributed by atoms with Gasteiger partial charge in [0.2, 0.25) is 0 Å². The van der Waals surface area contributed by atoms with Gasteiger partial charge >= 0.3 is 0 Å². The second kappa shape index (κ2) is 3.65. The minimum atomic E-state index is -0.564. The number of halogens is 2. The number of rotatable bonds is 1. The lowest BCUT2D eigenvalue weighted by Crippen LogP contribution is -1.86. The van der Waals surface area contributed by atoms with Crippen LogP contribution in [0.15, 0.2) is 36.7 Å². The van der Waals surface area contributed by atoms with E-state index in [1.165, 1.54) is 18.3 Å².